The van der Waals surface area contributed by atoms with Crippen LogP contribution >= 0.6 is 0 Å². The quantitative estimate of drug-likeness (QED) is 0.756. The lowest BCUT2D eigenvalue weighted by atomic mass is 9.86. The summed E-state index contributed by atoms with van der Waals surface area (Å²) in [6.07, 6.45) is 5.37. The first kappa shape index (κ1) is 19.8. The van der Waals surface area contributed by atoms with E-state index >= 15 is 0 Å². The highest BCUT2D eigenvalue weighted by Gasteiger charge is 2.28. The van der Waals surface area contributed by atoms with Crippen molar-refractivity contribution in [3.63, 3.8) is 0 Å². The van der Waals surface area contributed by atoms with Crippen molar-refractivity contribution < 1.29 is 8.42 Å². The first-order chi connectivity index (χ1) is 12.9. The number of likely N-dealkylation sites (tertiary alicyclic amines) is 1. The fourth-order valence-electron chi connectivity index (χ4n) is 3.78. The van der Waals surface area contributed by atoms with Crippen LogP contribution in [0.2, 0.25) is 0 Å². The second-order valence-electron chi connectivity index (χ2n) is 7.32. The summed E-state index contributed by atoms with van der Waals surface area (Å²) in [4.78, 5) is 16.8. The Kier molecular flexibility index (Phi) is 6.46. The Labute approximate surface area is 160 Å². The molecule has 1 unspecified atom stereocenters. The number of H-pyrrole nitrogens is 1. The Morgan fingerprint density at radius 1 is 1.15 bits per heavy atom. The maximum atomic E-state index is 11.9. The van der Waals surface area contributed by atoms with Crippen LogP contribution in [0, 0.1) is 5.92 Å². The molecule has 7 heteroatoms. The van der Waals surface area contributed by atoms with Gasteiger partial charge in [0, 0.05) is 24.3 Å². The predicted octanol–water partition coefficient (Wildman–Crippen LogP) is 1.75. The van der Waals surface area contributed by atoms with Gasteiger partial charge in [0.25, 0.3) is 5.56 Å². The van der Waals surface area contributed by atoms with Crippen LogP contribution in [0.4, 0.5) is 0 Å². The average molecular weight is 390 g/mol. The molecule has 3 rings (SSSR count). The second kappa shape index (κ2) is 8.82. The maximum Gasteiger partial charge on any atom is 0.252 e. The van der Waals surface area contributed by atoms with Gasteiger partial charge in [-0.2, -0.15) is 0 Å². The first-order valence-electron chi connectivity index (χ1n) is 9.31. The van der Waals surface area contributed by atoms with Gasteiger partial charge in [0.1, 0.15) is 0 Å². The van der Waals surface area contributed by atoms with E-state index < -0.39 is 10.0 Å². The van der Waals surface area contributed by atoms with Crippen LogP contribution in [0.5, 0.6) is 0 Å². The molecule has 146 valence electrons. The van der Waals surface area contributed by atoms with Crippen LogP contribution in [-0.4, -0.2) is 43.7 Å². The largest absolute Gasteiger partial charge is 0.329 e. The van der Waals surface area contributed by atoms with Crippen LogP contribution in [0.3, 0.4) is 0 Å². The van der Waals surface area contributed by atoms with E-state index in [1.807, 2.05) is 42.5 Å². The molecule has 6 nitrogen and oxygen atoms in total. The van der Waals surface area contributed by atoms with Crippen LogP contribution in [-0.2, 0) is 23.0 Å². The van der Waals surface area contributed by atoms with Crippen molar-refractivity contribution in [1.82, 2.24) is 14.6 Å². The zero-order valence-corrected chi connectivity index (χ0v) is 16.4. The zero-order valence-electron chi connectivity index (χ0n) is 15.6. The summed E-state index contributed by atoms with van der Waals surface area (Å²) in [5, 5.41) is 0. The number of aromatic amines is 1. The van der Waals surface area contributed by atoms with Gasteiger partial charge in [-0.25, -0.2) is 13.1 Å². The molecular weight excluding hydrogens is 362 g/mol. The second-order valence-corrected chi connectivity index (χ2v) is 9.10. The minimum absolute atomic E-state index is 0.0414. The molecule has 1 atom stereocenters. The summed E-state index contributed by atoms with van der Waals surface area (Å²) in [5.74, 6) is 0.283. The van der Waals surface area contributed by atoms with Crippen molar-refractivity contribution in [2.75, 3.05) is 19.3 Å². The van der Waals surface area contributed by atoms with E-state index in [0.29, 0.717) is 13.0 Å². The third-order valence-corrected chi connectivity index (χ3v) is 5.89. The van der Waals surface area contributed by atoms with Gasteiger partial charge in [-0.15, -0.1) is 0 Å². The average Bonchev–Trinajstić information content (AvgIpc) is 2.63. The van der Waals surface area contributed by atoms with E-state index in [-0.39, 0.29) is 17.5 Å². The van der Waals surface area contributed by atoms with Crippen LogP contribution < -0.4 is 10.3 Å². The van der Waals surface area contributed by atoms with Gasteiger partial charge in [-0.3, -0.25) is 9.69 Å². The van der Waals surface area contributed by atoms with Crippen molar-refractivity contribution in [2.24, 2.45) is 5.92 Å². The summed E-state index contributed by atoms with van der Waals surface area (Å²) >= 11 is 0. The lowest BCUT2D eigenvalue weighted by Gasteiger charge is -2.36. The Bertz CT molecular complexity index is 888. The lowest BCUT2D eigenvalue weighted by molar-refractivity contribution is 0.157. The Hall–Kier alpha value is -1.96. The number of hydrogen-bond acceptors (Lipinski definition) is 4. The summed E-state index contributed by atoms with van der Waals surface area (Å²) in [7, 11) is -3.27. The van der Waals surface area contributed by atoms with Crippen molar-refractivity contribution in [3.8, 4) is 0 Å². The molecule has 0 aliphatic carbocycles. The number of hydrogen-bond donors (Lipinski definition) is 2. The Morgan fingerprint density at radius 2 is 1.85 bits per heavy atom. The molecule has 0 amide bonds. The van der Waals surface area contributed by atoms with Crippen molar-refractivity contribution in [2.45, 2.75) is 31.8 Å². The molecule has 2 heterocycles. The summed E-state index contributed by atoms with van der Waals surface area (Å²) in [6, 6.07) is 13.6. The molecule has 1 fully saturated rings. The fraction of sp³-hybridized carbons (Fsp3) is 0.450. The van der Waals surface area contributed by atoms with E-state index in [1.165, 1.54) is 6.26 Å². The molecule has 0 saturated carbocycles. The van der Waals surface area contributed by atoms with E-state index in [0.717, 1.165) is 37.1 Å². The summed E-state index contributed by atoms with van der Waals surface area (Å²) in [5.41, 5.74) is 1.86. The van der Waals surface area contributed by atoms with Gasteiger partial charge in [0.15, 0.2) is 0 Å². The molecule has 0 radical (unpaired) electrons. The standard InChI is InChI=1S/C20H27N3O3S/c1-27(25,26)22-19(14-16-6-3-2-4-7-16)17-9-12-23(13-10-17)15-18-8-5-11-21-20(18)24/h2-8,11,17,19,22H,9-10,12-15H2,1H3,(H,21,24). The number of nitrogens with zero attached hydrogens (tertiary/aromatic N) is 1. The number of pyridine rings is 1. The highest BCUT2D eigenvalue weighted by atomic mass is 32.2. The highest BCUT2D eigenvalue weighted by molar-refractivity contribution is 7.88. The van der Waals surface area contributed by atoms with E-state index in [4.69, 9.17) is 0 Å². The van der Waals surface area contributed by atoms with E-state index in [9.17, 15) is 13.2 Å². The molecule has 27 heavy (non-hydrogen) atoms. The molecule has 2 aromatic rings. The number of rotatable bonds is 7. The van der Waals surface area contributed by atoms with Crippen molar-refractivity contribution >= 4 is 10.0 Å². The van der Waals surface area contributed by atoms with Gasteiger partial charge in [0.05, 0.1) is 6.26 Å². The molecule has 1 aliphatic rings. The maximum absolute atomic E-state index is 11.9. The number of sulfonamides is 1. The lowest BCUT2D eigenvalue weighted by Crippen LogP contribution is -2.46. The minimum Gasteiger partial charge on any atom is -0.329 e. The monoisotopic (exact) mass is 389 g/mol. The number of piperidine rings is 1. The predicted molar refractivity (Wildman–Crippen MR) is 107 cm³/mol. The normalized spacial score (nSPS) is 17.7. The summed E-state index contributed by atoms with van der Waals surface area (Å²) in [6.45, 7) is 2.34. The van der Waals surface area contributed by atoms with Crippen LogP contribution in [0.1, 0.15) is 24.0 Å². The molecule has 0 bridgehead atoms. The fourth-order valence-corrected chi connectivity index (χ4v) is 4.61. The number of benzene rings is 1. The Balaban J connectivity index is 1.63. The number of nitrogens with one attached hydrogen (secondary N) is 2. The van der Waals surface area contributed by atoms with Gasteiger partial charge >= 0.3 is 0 Å². The van der Waals surface area contributed by atoms with Gasteiger partial charge in [-0.05, 0) is 49.9 Å². The van der Waals surface area contributed by atoms with Gasteiger partial charge in [-0.1, -0.05) is 36.4 Å². The first-order valence-corrected chi connectivity index (χ1v) is 11.2. The van der Waals surface area contributed by atoms with Crippen molar-refractivity contribution in [3.05, 3.63) is 70.1 Å². The third-order valence-electron chi connectivity index (χ3n) is 5.16. The zero-order chi connectivity index (χ0) is 19.3. The Morgan fingerprint density at radius 3 is 2.48 bits per heavy atom. The minimum atomic E-state index is -3.27. The van der Waals surface area contributed by atoms with Gasteiger partial charge in [0.2, 0.25) is 10.0 Å². The smallest absolute Gasteiger partial charge is 0.252 e. The highest BCUT2D eigenvalue weighted by Crippen LogP contribution is 2.24. The van der Waals surface area contributed by atoms with Crippen LogP contribution in [0.25, 0.3) is 0 Å². The molecule has 1 aromatic heterocycles. The molecule has 1 saturated heterocycles. The topological polar surface area (TPSA) is 82.3 Å². The molecule has 1 aliphatic heterocycles. The molecular formula is C20H27N3O3S. The SMILES string of the molecule is CS(=O)(=O)NC(Cc1ccccc1)C1CCN(Cc2ccc[nH]c2=O)CC1. The summed E-state index contributed by atoms with van der Waals surface area (Å²) < 4.78 is 26.6. The van der Waals surface area contributed by atoms with E-state index in [2.05, 4.69) is 14.6 Å². The van der Waals surface area contributed by atoms with Gasteiger partial charge < -0.3 is 4.98 Å². The third kappa shape index (κ3) is 6.02. The van der Waals surface area contributed by atoms with Crippen LogP contribution in [0.15, 0.2) is 53.5 Å². The molecule has 0 spiro atoms. The molecule has 1 aromatic carbocycles. The van der Waals surface area contributed by atoms with E-state index in [1.54, 1.807) is 6.20 Å². The molecule has 2 N–H and O–H groups in total. The van der Waals surface area contributed by atoms with Crippen molar-refractivity contribution in [1.29, 1.82) is 0 Å². The number of aromatic nitrogens is 1.